The molecule has 2 N–H and O–H groups in total. The van der Waals surface area contributed by atoms with Gasteiger partial charge in [0.2, 0.25) is 0 Å². The Labute approximate surface area is 160 Å². The van der Waals surface area contributed by atoms with Crippen molar-refractivity contribution >= 4 is 12.2 Å². The molecule has 0 atom stereocenters. The quantitative estimate of drug-likeness (QED) is 0.547. The van der Waals surface area contributed by atoms with Crippen molar-refractivity contribution in [3.63, 3.8) is 0 Å². The van der Waals surface area contributed by atoms with E-state index in [1.165, 1.54) is 24.3 Å². The van der Waals surface area contributed by atoms with E-state index in [4.69, 9.17) is 14.9 Å². The van der Waals surface area contributed by atoms with Gasteiger partial charge in [0.1, 0.15) is 11.5 Å². The van der Waals surface area contributed by atoms with Gasteiger partial charge in [-0.05, 0) is 46.5 Å². The molecule has 0 aliphatic heterocycles. The van der Waals surface area contributed by atoms with Crippen molar-refractivity contribution < 1.29 is 14.9 Å². The van der Waals surface area contributed by atoms with Crippen LogP contribution in [0.2, 0.25) is 0 Å². The fourth-order valence-electron chi connectivity index (χ4n) is 2.45. The van der Waals surface area contributed by atoms with Crippen LogP contribution in [0.4, 0.5) is 0 Å². The van der Waals surface area contributed by atoms with Crippen LogP contribution in [0, 0.1) is 0 Å². The maximum absolute atomic E-state index is 8.65. The molecular weight excluding hydrogens is 336 g/mol. The van der Waals surface area contributed by atoms with Gasteiger partial charge < -0.3 is 14.9 Å². The van der Waals surface area contributed by atoms with Crippen LogP contribution in [-0.2, 0) is 18.0 Å². The summed E-state index contributed by atoms with van der Waals surface area (Å²) in [5.41, 5.74) is 4.57. The van der Waals surface area contributed by atoms with Crippen LogP contribution in [0.1, 0.15) is 22.3 Å². The summed E-state index contributed by atoms with van der Waals surface area (Å²) in [6.07, 6.45) is 3.72. The van der Waals surface area contributed by atoms with Gasteiger partial charge in [0.05, 0.1) is 13.2 Å². The second kappa shape index (κ2) is 10.6. The monoisotopic (exact) mass is 360 g/mol. The first-order chi connectivity index (χ1) is 13.1. The van der Waals surface area contributed by atoms with Gasteiger partial charge in [0, 0.05) is 0 Å². The van der Waals surface area contributed by atoms with Gasteiger partial charge in [-0.3, -0.25) is 0 Å². The molecule has 0 bridgehead atoms. The second-order valence-electron chi connectivity index (χ2n) is 5.82. The largest absolute Gasteiger partial charge is 0.508 e. The molecule has 0 aromatic heterocycles. The minimum atomic E-state index is 0.169. The predicted octanol–water partition coefficient (Wildman–Crippen LogP) is 5.79. The van der Waals surface area contributed by atoms with Crippen molar-refractivity contribution in [1.29, 1.82) is 0 Å². The average molecular weight is 360 g/mol. The smallest absolute Gasteiger partial charge is 0.115 e. The van der Waals surface area contributed by atoms with Gasteiger partial charge in [0.15, 0.2) is 0 Å². The SMILES string of the molecule is C=Cc1ccccc1COCc1ccccc1C=C.Oc1ccc(O)cc1. The van der Waals surface area contributed by atoms with E-state index in [9.17, 15) is 0 Å². The summed E-state index contributed by atoms with van der Waals surface area (Å²) in [5, 5.41) is 17.3. The minimum absolute atomic E-state index is 0.169. The van der Waals surface area contributed by atoms with Gasteiger partial charge >= 0.3 is 0 Å². The Kier molecular flexibility index (Phi) is 7.89. The summed E-state index contributed by atoms with van der Waals surface area (Å²) in [5.74, 6) is 0.339. The molecule has 138 valence electrons. The van der Waals surface area contributed by atoms with Crippen LogP contribution in [0.25, 0.3) is 12.2 Å². The summed E-state index contributed by atoms with van der Waals surface area (Å²) < 4.78 is 5.80. The number of phenolic OH excluding ortho intramolecular Hbond substituents is 2. The Balaban J connectivity index is 0.000000273. The maximum Gasteiger partial charge on any atom is 0.115 e. The van der Waals surface area contributed by atoms with Crippen LogP contribution >= 0.6 is 0 Å². The van der Waals surface area contributed by atoms with Crippen LogP contribution in [0.15, 0.2) is 86.0 Å². The Hall–Kier alpha value is -3.30. The number of phenols is 2. The normalized spacial score (nSPS) is 9.78. The van der Waals surface area contributed by atoms with E-state index in [0.717, 1.165) is 22.3 Å². The second-order valence-corrected chi connectivity index (χ2v) is 5.82. The molecule has 0 radical (unpaired) electrons. The van der Waals surface area contributed by atoms with Gasteiger partial charge in [0.25, 0.3) is 0 Å². The van der Waals surface area contributed by atoms with Crippen LogP contribution in [-0.4, -0.2) is 10.2 Å². The van der Waals surface area contributed by atoms with E-state index in [1.807, 2.05) is 48.6 Å². The Morgan fingerprint density at radius 2 is 1.00 bits per heavy atom. The molecule has 0 heterocycles. The van der Waals surface area contributed by atoms with Crippen LogP contribution in [0.5, 0.6) is 11.5 Å². The molecule has 3 heteroatoms. The minimum Gasteiger partial charge on any atom is -0.508 e. The molecule has 27 heavy (non-hydrogen) atoms. The lowest BCUT2D eigenvalue weighted by molar-refractivity contribution is 0.107. The molecule has 3 aromatic carbocycles. The van der Waals surface area contributed by atoms with Crippen molar-refractivity contribution in [1.82, 2.24) is 0 Å². The highest BCUT2D eigenvalue weighted by atomic mass is 16.5. The summed E-state index contributed by atoms with van der Waals surface area (Å²) in [7, 11) is 0. The lowest BCUT2D eigenvalue weighted by Gasteiger charge is -2.09. The van der Waals surface area contributed by atoms with Gasteiger partial charge in [-0.15, -0.1) is 0 Å². The van der Waals surface area contributed by atoms with Crippen molar-refractivity contribution in [2.24, 2.45) is 0 Å². The van der Waals surface area contributed by atoms with E-state index in [-0.39, 0.29) is 11.5 Å². The summed E-state index contributed by atoms with van der Waals surface area (Å²) in [4.78, 5) is 0. The number of benzene rings is 3. The molecule has 0 fully saturated rings. The van der Waals surface area contributed by atoms with Gasteiger partial charge in [-0.2, -0.15) is 0 Å². The molecule has 0 aliphatic carbocycles. The Morgan fingerprint density at radius 1 is 0.630 bits per heavy atom. The van der Waals surface area contributed by atoms with Crippen molar-refractivity contribution in [2.75, 3.05) is 0 Å². The number of ether oxygens (including phenoxy) is 1. The number of rotatable bonds is 6. The third-order valence-electron chi connectivity index (χ3n) is 3.91. The van der Waals surface area contributed by atoms with E-state index in [2.05, 4.69) is 25.3 Å². The highest BCUT2D eigenvalue weighted by molar-refractivity contribution is 5.52. The molecule has 3 rings (SSSR count). The molecular formula is C24H24O3. The summed E-state index contributed by atoms with van der Waals surface area (Å²) in [6.45, 7) is 8.81. The standard InChI is InChI=1S/C18H18O.C6H6O2/c1-3-15-9-5-7-11-17(15)13-19-14-18-12-8-6-10-16(18)4-2;7-5-1-2-6(8)4-3-5/h3-12H,1-2,13-14H2;1-4,7-8H. The van der Waals surface area contributed by atoms with Crippen molar-refractivity contribution in [3.8, 4) is 11.5 Å². The van der Waals surface area contributed by atoms with Gasteiger partial charge in [-0.1, -0.05) is 73.8 Å². The topological polar surface area (TPSA) is 49.7 Å². The molecule has 3 aromatic rings. The number of hydrogen-bond donors (Lipinski definition) is 2. The van der Waals surface area contributed by atoms with Crippen LogP contribution in [0.3, 0.4) is 0 Å². The molecule has 0 unspecified atom stereocenters. The lowest BCUT2D eigenvalue weighted by Crippen LogP contribution is -1.97. The molecule has 0 spiro atoms. The fourth-order valence-corrected chi connectivity index (χ4v) is 2.45. The number of aromatic hydroxyl groups is 2. The maximum atomic E-state index is 8.65. The lowest BCUT2D eigenvalue weighted by atomic mass is 10.1. The highest BCUT2D eigenvalue weighted by Gasteiger charge is 2.01. The third kappa shape index (κ3) is 6.49. The molecule has 0 aliphatic rings. The van der Waals surface area contributed by atoms with E-state index in [0.29, 0.717) is 13.2 Å². The summed E-state index contributed by atoms with van der Waals surface area (Å²) in [6, 6.07) is 22.0. The molecule has 0 saturated heterocycles. The third-order valence-corrected chi connectivity index (χ3v) is 3.91. The zero-order valence-corrected chi connectivity index (χ0v) is 15.2. The van der Waals surface area contributed by atoms with Crippen molar-refractivity contribution in [3.05, 3.63) is 108 Å². The van der Waals surface area contributed by atoms with E-state index >= 15 is 0 Å². The average Bonchev–Trinajstić information content (AvgIpc) is 2.71. The first kappa shape index (κ1) is 20.0. The van der Waals surface area contributed by atoms with E-state index in [1.54, 1.807) is 0 Å². The molecule has 0 amide bonds. The summed E-state index contributed by atoms with van der Waals surface area (Å²) >= 11 is 0. The zero-order valence-electron chi connectivity index (χ0n) is 15.2. The van der Waals surface area contributed by atoms with E-state index < -0.39 is 0 Å². The molecule has 0 saturated carbocycles. The van der Waals surface area contributed by atoms with Crippen LogP contribution < -0.4 is 0 Å². The molecule has 3 nitrogen and oxygen atoms in total. The first-order valence-corrected chi connectivity index (χ1v) is 8.60. The number of hydrogen-bond acceptors (Lipinski definition) is 3. The fraction of sp³-hybridized carbons (Fsp3) is 0.0833. The van der Waals surface area contributed by atoms with Gasteiger partial charge in [-0.25, -0.2) is 0 Å². The first-order valence-electron chi connectivity index (χ1n) is 8.60. The van der Waals surface area contributed by atoms with Crippen molar-refractivity contribution in [2.45, 2.75) is 13.2 Å². The Morgan fingerprint density at radius 3 is 1.37 bits per heavy atom. The zero-order chi connectivity index (χ0) is 19.5. The highest BCUT2D eigenvalue weighted by Crippen LogP contribution is 2.15. The predicted molar refractivity (Wildman–Crippen MR) is 111 cm³/mol. The Bertz CT molecular complexity index is 794.